The van der Waals surface area contributed by atoms with E-state index in [4.69, 9.17) is 19.9 Å². The lowest BCUT2D eigenvalue weighted by molar-refractivity contribution is -0.139. The maximum atomic E-state index is 11.7. The molecule has 2 bridgehead atoms. The van der Waals surface area contributed by atoms with Crippen LogP contribution in [0.3, 0.4) is 0 Å². The van der Waals surface area contributed by atoms with Crippen LogP contribution in [0, 0.1) is 11.8 Å². The summed E-state index contributed by atoms with van der Waals surface area (Å²) in [6.07, 6.45) is 2.30. The summed E-state index contributed by atoms with van der Waals surface area (Å²) in [4.78, 5) is 11.7. The predicted molar refractivity (Wildman–Crippen MR) is 76.7 cm³/mol. The van der Waals surface area contributed by atoms with Gasteiger partial charge in [-0.15, -0.1) is 0 Å². The van der Waals surface area contributed by atoms with Crippen LogP contribution in [0.2, 0.25) is 0 Å². The van der Waals surface area contributed by atoms with Crippen molar-refractivity contribution in [3.8, 4) is 5.75 Å². The van der Waals surface area contributed by atoms with Gasteiger partial charge in [-0.1, -0.05) is 6.07 Å². The molecule has 1 aromatic carbocycles. The summed E-state index contributed by atoms with van der Waals surface area (Å²) in [5.74, 6) is 0.689. The maximum absolute atomic E-state index is 11.7. The molecular formula is C16H21NO4. The highest BCUT2D eigenvalue weighted by atomic mass is 16.7. The van der Waals surface area contributed by atoms with Gasteiger partial charge in [-0.3, -0.25) is 4.79 Å². The molecule has 0 aromatic heterocycles. The van der Waals surface area contributed by atoms with Crippen LogP contribution in [0.15, 0.2) is 18.2 Å². The van der Waals surface area contributed by atoms with E-state index < -0.39 is 5.60 Å². The smallest absolute Gasteiger partial charge is 0.220 e. The van der Waals surface area contributed by atoms with Gasteiger partial charge in [-0.05, 0) is 48.4 Å². The third-order valence-electron chi connectivity index (χ3n) is 4.81. The Bertz CT molecular complexity index is 559. The Hall–Kier alpha value is -1.59. The Balaban J connectivity index is 2.02. The monoisotopic (exact) mass is 291 g/mol. The maximum Gasteiger partial charge on any atom is 0.220 e. The van der Waals surface area contributed by atoms with E-state index in [1.165, 1.54) is 5.56 Å². The molecule has 0 spiro atoms. The molecule has 3 atom stereocenters. The number of carbonyl (C=O) groups excluding carboxylic acids is 1. The molecule has 21 heavy (non-hydrogen) atoms. The first kappa shape index (κ1) is 14.4. The standard InChI is InChI=1S/C16H21NO4/c1-19-9-21-16-7-11(13(8-16)15(17)18)5-10-6-12(20-2)3-4-14(10)16/h3-4,6,11,13H,5,7-9H2,1-2H3,(H2,17,18)/t11-,13+,16-/m0/s1. The van der Waals surface area contributed by atoms with Gasteiger partial charge < -0.3 is 19.9 Å². The summed E-state index contributed by atoms with van der Waals surface area (Å²) in [5.41, 5.74) is 7.45. The van der Waals surface area contributed by atoms with Crippen LogP contribution in [-0.2, 0) is 26.3 Å². The normalized spacial score (nSPS) is 30.0. The number of rotatable bonds is 5. The van der Waals surface area contributed by atoms with Crippen molar-refractivity contribution in [1.29, 1.82) is 0 Å². The fourth-order valence-electron chi connectivity index (χ4n) is 3.90. The summed E-state index contributed by atoms with van der Waals surface area (Å²) in [6, 6.07) is 6.02. The van der Waals surface area contributed by atoms with Gasteiger partial charge in [0, 0.05) is 13.0 Å². The Kier molecular flexibility index (Phi) is 3.63. The van der Waals surface area contributed by atoms with Gasteiger partial charge in [0.1, 0.15) is 12.5 Å². The Labute approximate surface area is 124 Å². The second-order valence-electron chi connectivity index (χ2n) is 5.95. The summed E-state index contributed by atoms with van der Waals surface area (Å²) in [5, 5.41) is 0. The molecule has 1 saturated carbocycles. The fraction of sp³-hybridized carbons (Fsp3) is 0.562. The lowest BCUT2D eigenvalue weighted by Crippen LogP contribution is -2.32. The van der Waals surface area contributed by atoms with Crippen molar-refractivity contribution in [2.45, 2.75) is 24.9 Å². The first-order chi connectivity index (χ1) is 10.1. The number of hydrogen-bond donors (Lipinski definition) is 1. The highest BCUT2D eigenvalue weighted by Gasteiger charge is 2.53. The van der Waals surface area contributed by atoms with Crippen molar-refractivity contribution in [2.75, 3.05) is 21.0 Å². The molecule has 0 aliphatic heterocycles. The number of benzene rings is 1. The van der Waals surface area contributed by atoms with Gasteiger partial charge in [0.25, 0.3) is 0 Å². The topological polar surface area (TPSA) is 70.8 Å². The molecule has 2 aliphatic carbocycles. The second kappa shape index (κ2) is 5.31. The molecule has 0 saturated heterocycles. The largest absolute Gasteiger partial charge is 0.497 e. The average molecular weight is 291 g/mol. The molecule has 2 N–H and O–H groups in total. The van der Waals surface area contributed by atoms with Crippen molar-refractivity contribution < 1.29 is 19.0 Å². The van der Waals surface area contributed by atoms with Crippen LogP contribution in [-0.4, -0.2) is 26.9 Å². The summed E-state index contributed by atoms with van der Waals surface area (Å²) >= 11 is 0. The van der Waals surface area contributed by atoms with E-state index in [9.17, 15) is 4.79 Å². The molecule has 5 heteroatoms. The fourth-order valence-corrected chi connectivity index (χ4v) is 3.90. The minimum atomic E-state index is -0.458. The number of hydrogen-bond acceptors (Lipinski definition) is 4. The highest BCUT2D eigenvalue weighted by molar-refractivity contribution is 5.78. The van der Waals surface area contributed by atoms with E-state index in [1.807, 2.05) is 18.2 Å². The van der Waals surface area contributed by atoms with Gasteiger partial charge in [-0.25, -0.2) is 0 Å². The van der Waals surface area contributed by atoms with Crippen molar-refractivity contribution in [1.82, 2.24) is 0 Å². The van der Waals surface area contributed by atoms with Crippen molar-refractivity contribution in [3.05, 3.63) is 29.3 Å². The minimum Gasteiger partial charge on any atom is -0.497 e. The van der Waals surface area contributed by atoms with Crippen molar-refractivity contribution >= 4 is 5.91 Å². The molecule has 1 amide bonds. The molecule has 5 nitrogen and oxygen atoms in total. The lowest BCUT2D eigenvalue weighted by atomic mass is 9.79. The lowest BCUT2D eigenvalue weighted by Gasteiger charge is -2.35. The summed E-state index contributed by atoms with van der Waals surface area (Å²) < 4.78 is 16.4. The number of ether oxygens (including phenoxy) is 3. The highest BCUT2D eigenvalue weighted by Crippen LogP contribution is 2.54. The molecular weight excluding hydrogens is 270 g/mol. The Morgan fingerprint density at radius 1 is 1.38 bits per heavy atom. The van der Waals surface area contributed by atoms with Gasteiger partial charge in [0.15, 0.2) is 0 Å². The first-order valence-corrected chi connectivity index (χ1v) is 7.19. The van der Waals surface area contributed by atoms with Gasteiger partial charge in [0.05, 0.1) is 12.7 Å². The third-order valence-corrected chi connectivity index (χ3v) is 4.81. The number of primary amides is 1. The number of nitrogens with two attached hydrogens (primary N) is 1. The van der Waals surface area contributed by atoms with Gasteiger partial charge in [-0.2, -0.15) is 0 Å². The van der Waals surface area contributed by atoms with Gasteiger partial charge >= 0.3 is 0 Å². The first-order valence-electron chi connectivity index (χ1n) is 7.19. The second-order valence-corrected chi connectivity index (χ2v) is 5.95. The van der Waals surface area contributed by atoms with Gasteiger partial charge in [0.2, 0.25) is 5.91 Å². The molecule has 2 aliphatic rings. The van der Waals surface area contributed by atoms with Crippen LogP contribution in [0.1, 0.15) is 24.0 Å². The molecule has 0 unspecified atom stereocenters. The van der Waals surface area contributed by atoms with E-state index in [0.717, 1.165) is 24.2 Å². The van der Waals surface area contributed by atoms with Crippen LogP contribution < -0.4 is 10.5 Å². The number of fused-ring (bicyclic) bond motifs is 4. The van der Waals surface area contributed by atoms with E-state index >= 15 is 0 Å². The van der Waals surface area contributed by atoms with E-state index in [-0.39, 0.29) is 24.5 Å². The number of amides is 1. The van der Waals surface area contributed by atoms with Crippen LogP contribution in [0.5, 0.6) is 5.75 Å². The summed E-state index contributed by atoms with van der Waals surface area (Å²) in [7, 11) is 3.26. The molecule has 0 radical (unpaired) electrons. The van der Waals surface area contributed by atoms with Crippen LogP contribution >= 0.6 is 0 Å². The molecule has 0 heterocycles. The van der Waals surface area contributed by atoms with E-state index in [1.54, 1.807) is 14.2 Å². The molecule has 114 valence electrons. The van der Waals surface area contributed by atoms with Crippen LogP contribution in [0.25, 0.3) is 0 Å². The Morgan fingerprint density at radius 2 is 2.19 bits per heavy atom. The van der Waals surface area contributed by atoms with Crippen molar-refractivity contribution in [3.63, 3.8) is 0 Å². The molecule has 1 aromatic rings. The Morgan fingerprint density at radius 3 is 2.86 bits per heavy atom. The van der Waals surface area contributed by atoms with Crippen molar-refractivity contribution in [2.24, 2.45) is 17.6 Å². The number of methoxy groups -OCH3 is 2. The zero-order chi connectivity index (χ0) is 15.0. The SMILES string of the molecule is COCO[C@]12C[C@H](Cc3cc(OC)ccc31)[C@H](C(N)=O)C2. The quantitative estimate of drug-likeness (QED) is 0.836. The third kappa shape index (κ3) is 2.30. The zero-order valence-corrected chi connectivity index (χ0v) is 12.4. The number of carbonyl (C=O) groups is 1. The van der Waals surface area contributed by atoms with Crippen LogP contribution in [0.4, 0.5) is 0 Å². The minimum absolute atomic E-state index is 0.139. The molecule has 1 fully saturated rings. The predicted octanol–water partition coefficient (Wildman–Crippen LogP) is 1.58. The van der Waals surface area contributed by atoms with E-state index in [2.05, 4.69) is 0 Å². The van der Waals surface area contributed by atoms with E-state index in [0.29, 0.717) is 6.42 Å². The zero-order valence-electron chi connectivity index (χ0n) is 12.4. The molecule has 3 rings (SSSR count). The average Bonchev–Trinajstić information content (AvgIpc) is 2.79. The summed E-state index contributed by atoms with van der Waals surface area (Å²) in [6.45, 7) is 0.212.